The van der Waals surface area contributed by atoms with E-state index in [0.29, 0.717) is 5.56 Å². The molecule has 1 N–H and O–H groups in total. The average Bonchev–Trinajstić information content (AvgIpc) is 3.03. The lowest BCUT2D eigenvalue weighted by molar-refractivity contribution is -0.138. The highest BCUT2D eigenvalue weighted by Gasteiger charge is 2.42. The molecule has 0 radical (unpaired) electrons. The van der Waals surface area contributed by atoms with Crippen LogP contribution in [0.2, 0.25) is 0 Å². The largest absolute Gasteiger partial charge is 0.416 e. The third-order valence-electron chi connectivity index (χ3n) is 4.93. The quantitative estimate of drug-likeness (QED) is 0.415. The van der Waals surface area contributed by atoms with E-state index in [4.69, 9.17) is 0 Å². The number of hydrogen-bond acceptors (Lipinski definition) is 1. The molecule has 0 spiro atoms. The molecule has 0 aromatic heterocycles. The van der Waals surface area contributed by atoms with Crippen LogP contribution in [0.5, 0.6) is 0 Å². The molecule has 1 aliphatic carbocycles. The minimum absolute atomic E-state index is 0.110. The number of anilines is 1. The number of allylic oxidation sites excluding steroid dienone is 2. The molecule has 0 fully saturated rings. The van der Waals surface area contributed by atoms with E-state index >= 15 is 0 Å². The van der Waals surface area contributed by atoms with Gasteiger partial charge in [-0.05, 0) is 70.3 Å². The number of rotatable bonds is 1. The van der Waals surface area contributed by atoms with Crippen molar-refractivity contribution in [1.29, 1.82) is 0 Å². The van der Waals surface area contributed by atoms with E-state index in [0.717, 1.165) is 15.7 Å². The maximum atomic E-state index is 13.5. The van der Waals surface area contributed by atoms with Crippen LogP contribution < -0.4 is 5.32 Å². The first-order chi connectivity index (χ1) is 11.4. The fourth-order valence-electron chi connectivity index (χ4n) is 3.90. The third-order valence-corrected chi connectivity index (χ3v) is 5.60. The Morgan fingerprint density at radius 2 is 1.83 bits per heavy atom. The molecule has 0 unspecified atom stereocenters. The number of hydrogen-bond donors (Lipinski definition) is 1. The van der Waals surface area contributed by atoms with Crippen LogP contribution in [0.25, 0.3) is 0 Å². The molecule has 3 atom stereocenters. The van der Waals surface area contributed by atoms with Gasteiger partial charge in [0.15, 0.2) is 0 Å². The molecule has 2 aromatic carbocycles. The highest BCUT2D eigenvalue weighted by Crippen LogP contribution is 2.51. The van der Waals surface area contributed by atoms with Gasteiger partial charge in [0.2, 0.25) is 0 Å². The van der Waals surface area contributed by atoms with Gasteiger partial charge in [-0.15, -0.1) is 0 Å². The first-order valence-corrected chi connectivity index (χ1v) is 8.92. The van der Waals surface area contributed by atoms with Gasteiger partial charge in [0, 0.05) is 15.2 Å². The number of fused-ring (bicyclic) bond motifs is 3. The molecule has 1 heterocycles. The lowest BCUT2D eigenvalue weighted by Crippen LogP contribution is -2.30. The molecule has 124 valence electrons. The Labute approximate surface area is 152 Å². The van der Waals surface area contributed by atoms with E-state index in [2.05, 4.69) is 46.1 Å². The van der Waals surface area contributed by atoms with Crippen LogP contribution in [0, 0.1) is 9.49 Å². The van der Waals surface area contributed by atoms with Crippen LogP contribution in [-0.2, 0) is 6.18 Å². The van der Waals surface area contributed by atoms with E-state index < -0.39 is 11.7 Å². The zero-order valence-electron chi connectivity index (χ0n) is 12.6. The first kappa shape index (κ1) is 16.0. The predicted octanol–water partition coefficient (Wildman–Crippen LogP) is 6.14. The van der Waals surface area contributed by atoms with Gasteiger partial charge in [0.05, 0.1) is 11.6 Å². The van der Waals surface area contributed by atoms with Gasteiger partial charge in [-0.1, -0.05) is 30.4 Å². The summed E-state index contributed by atoms with van der Waals surface area (Å²) in [4.78, 5) is 0. The van der Waals surface area contributed by atoms with Crippen LogP contribution in [0.15, 0.2) is 54.6 Å². The summed E-state index contributed by atoms with van der Waals surface area (Å²) in [6.45, 7) is 0. The van der Waals surface area contributed by atoms with Crippen molar-refractivity contribution in [1.82, 2.24) is 0 Å². The zero-order valence-corrected chi connectivity index (χ0v) is 14.8. The maximum absolute atomic E-state index is 13.5. The monoisotopic (exact) mass is 441 g/mol. The van der Waals surface area contributed by atoms with Gasteiger partial charge < -0.3 is 5.32 Å². The Balaban J connectivity index is 1.83. The van der Waals surface area contributed by atoms with Crippen molar-refractivity contribution in [2.75, 3.05) is 5.32 Å². The molecule has 24 heavy (non-hydrogen) atoms. The second-order valence-electron chi connectivity index (χ2n) is 6.29. The predicted molar refractivity (Wildman–Crippen MR) is 97.0 cm³/mol. The molecule has 1 nitrogen and oxygen atoms in total. The summed E-state index contributed by atoms with van der Waals surface area (Å²) in [5.74, 6) is 0.279. The van der Waals surface area contributed by atoms with Gasteiger partial charge in [0.25, 0.3) is 0 Å². The van der Waals surface area contributed by atoms with Crippen molar-refractivity contribution >= 4 is 28.3 Å². The highest BCUT2D eigenvalue weighted by atomic mass is 127. The number of alkyl halides is 3. The van der Waals surface area contributed by atoms with Gasteiger partial charge in [-0.25, -0.2) is 0 Å². The summed E-state index contributed by atoms with van der Waals surface area (Å²) in [6, 6.07) is 11.7. The van der Waals surface area contributed by atoms with Crippen LogP contribution >= 0.6 is 22.6 Å². The Morgan fingerprint density at radius 3 is 2.62 bits per heavy atom. The topological polar surface area (TPSA) is 12.0 Å². The van der Waals surface area contributed by atoms with Crippen molar-refractivity contribution in [3.05, 3.63) is 74.9 Å². The molecule has 4 rings (SSSR count). The minimum Gasteiger partial charge on any atom is -0.378 e. The van der Waals surface area contributed by atoms with E-state index in [1.54, 1.807) is 12.1 Å². The lowest BCUT2D eigenvalue weighted by atomic mass is 9.76. The standard InChI is InChI=1S/C19H15F3IN/c20-19(21,22)16-7-2-1-4-14(16)18-13-6-3-5-12(13)15-10-11(23)8-9-17(15)24-18/h1-5,7-10,12-13,18,24H,6H2/t12-,13-,18-/m1/s1. The van der Waals surface area contributed by atoms with Crippen molar-refractivity contribution in [3.63, 3.8) is 0 Å². The van der Waals surface area contributed by atoms with E-state index in [-0.39, 0.29) is 17.9 Å². The molecule has 1 aliphatic heterocycles. The number of nitrogens with one attached hydrogen (secondary N) is 1. The fourth-order valence-corrected chi connectivity index (χ4v) is 4.41. The molecule has 2 aromatic rings. The zero-order chi connectivity index (χ0) is 16.9. The first-order valence-electron chi connectivity index (χ1n) is 7.84. The Kier molecular flexibility index (Phi) is 3.86. The summed E-state index contributed by atoms with van der Waals surface area (Å²) in [5, 5.41) is 3.38. The molecule has 5 heteroatoms. The summed E-state index contributed by atoms with van der Waals surface area (Å²) in [6.07, 6.45) is 0.685. The molecular formula is C19H15F3IN. The van der Waals surface area contributed by atoms with Crippen LogP contribution in [0.1, 0.15) is 35.1 Å². The maximum Gasteiger partial charge on any atom is 0.416 e. The summed E-state index contributed by atoms with van der Waals surface area (Å²) < 4.78 is 41.5. The van der Waals surface area contributed by atoms with Crippen molar-refractivity contribution in [2.24, 2.45) is 5.92 Å². The summed E-state index contributed by atoms with van der Waals surface area (Å²) in [7, 11) is 0. The smallest absolute Gasteiger partial charge is 0.378 e. The fraction of sp³-hybridized carbons (Fsp3) is 0.263. The number of benzene rings is 2. The lowest BCUT2D eigenvalue weighted by Gasteiger charge is -2.38. The van der Waals surface area contributed by atoms with E-state index in [1.807, 2.05) is 12.1 Å². The van der Waals surface area contributed by atoms with Gasteiger partial charge in [0.1, 0.15) is 0 Å². The van der Waals surface area contributed by atoms with E-state index in [1.165, 1.54) is 17.7 Å². The second-order valence-corrected chi connectivity index (χ2v) is 7.54. The summed E-state index contributed by atoms with van der Waals surface area (Å²) >= 11 is 2.27. The molecular weight excluding hydrogens is 426 g/mol. The Hall–Kier alpha value is -1.50. The SMILES string of the molecule is FC(F)(F)c1ccccc1[C@@H]1Nc2ccc(I)cc2[C@@H]2C=CC[C@H]21. The second kappa shape index (κ2) is 5.79. The molecule has 0 amide bonds. The van der Waals surface area contributed by atoms with Crippen LogP contribution in [0.4, 0.5) is 18.9 Å². The molecule has 2 aliphatic rings. The Bertz CT molecular complexity index is 812. The van der Waals surface area contributed by atoms with Crippen molar-refractivity contribution in [2.45, 2.75) is 24.6 Å². The van der Waals surface area contributed by atoms with E-state index in [9.17, 15) is 13.2 Å². The molecule has 0 bridgehead atoms. The molecule has 0 saturated carbocycles. The molecule has 0 saturated heterocycles. The van der Waals surface area contributed by atoms with Gasteiger partial charge in [-0.2, -0.15) is 13.2 Å². The Morgan fingerprint density at radius 1 is 1.04 bits per heavy atom. The summed E-state index contributed by atoms with van der Waals surface area (Å²) in [5.41, 5.74) is 1.92. The minimum atomic E-state index is -4.34. The third kappa shape index (κ3) is 2.62. The normalized spacial score (nSPS) is 25.1. The van der Waals surface area contributed by atoms with Gasteiger partial charge in [-0.3, -0.25) is 0 Å². The van der Waals surface area contributed by atoms with Crippen molar-refractivity contribution in [3.8, 4) is 0 Å². The van der Waals surface area contributed by atoms with Crippen LogP contribution in [0.3, 0.4) is 0 Å². The number of halogens is 4. The van der Waals surface area contributed by atoms with Crippen LogP contribution in [-0.4, -0.2) is 0 Å². The van der Waals surface area contributed by atoms with Crippen molar-refractivity contribution < 1.29 is 13.2 Å². The average molecular weight is 441 g/mol. The van der Waals surface area contributed by atoms with Gasteiger partial charge >= 0.3 is 6.18 Å². The highest BCUT2D eigenvalue weighted by molar-refractivity contribution is 14.1.